The Morgan fingerprint density at radius 3 is 2.43 bits per heavy atom. The van der Waals surface area contributed by atoms with Crippen molar-refractivity contribution in [1.29, 1.82) is 0 Å². The molecule has 0 aromatic rings. The molecule has 5 N–H and O–H groups in total. The van der Waals surface area contributed by atoms with Crippen molar-refractivity contribution in [1.82, 2.24) is 15.1 Å². The van der Waals surface area contributed by atoms with Crippen LogP contribution in [0.25, 0.3) is 0 Å². The lowest BCUT2D eigenvalue weighted by Crippen LogP contribution is -2.65. The minimum absolute atomic E-state index is 0.178. The van der Waals surface area contributed by atoms with Crippen molar-refractivity contribution < 1.29 is 38.8 Å². The van der Waals surface area contributed by atoms with Crippen LogP contribution in [-0.2, 0) is 28.6 Å². The zero-order chi connectivity index (χ0) is 33.4. The van der Waals surface area contributed by atoms with E-state index in [0.29, 0.717) is 50.9 Å². The molecular weight excluding hydrogens is 568 g/mol. The van der Waals surface area contributed by atoms with Crippen molar-refractivity contribution in [2.24, 2.45) is 17.6 Å². The summed E-state index contributed by atoms with van der Waals surface area (Å²) >= 11 is 0. The van der Waals surface area contributed by atoms with Crippen LogP contribution >= 0.6 is 0 Å². The van der Waals surface area contributed by atoms with Crippen LogP contribution in [0.2, 0.25) is 0 Å². The van der Waals surface area contributed by atoms with Crippen LogP contribution in [0.4, 0.5) is 0 Å². The molecule has 0 aromatic heterocycles. The van der Waals surface area contributed by atoms with E-state index in [1.165, 1.54) is 6.92 Å². The monoisotopic (exact) mass is 626 g/mol. The molecule has 2 heterocycles. The summed E-state index contributed by atoms with van der Waals surface area (Å²) in [5.41, 5.74) is 4.75. The third kappa shape index (κ3) is 9.31. The molecule has 0 saturated carbocycles. The molecule has 0 radical (unpaired) electrons. The molecule has 0 spiro atoms. The molecule has 0 bridgehead atoms. The molecule has 12 heteroatoms. The van der Waals surface area contributed by atoms with Gasteiger partial charge in [0.05, 0.1) is 18.2 Å². The number of esters is 1. The van der Waals surface area contributed by atoms with Crippen LogP contribution in [0.3, 0.4) is 0 Å². The second-order valence-electron chi connectivity index (χ2n) is 13.0. The van der Waals surface area contributed by atoms with Crippen molar-refractivity contribution in [3.63, 3.8) is 0 Å². The first-order chi connectivity index (χ1) is 20.6. The average molecular weight is 627 g/mol. The smallest absolute Gasteiger partial charge is 0.316 e. The van der Waals surface area contributed by atoms with Gasteiger partial charge < -0.3 is 45.3 Å². The van der Waals surface area contributed by atoms with Crippen molar-refractivity contribution in [2.45, 2.75) is 129 Å². The van der Waals surface area contributed by atoms with Crippen molar-refractivity contribution in [3.05, 3.63) is 11.6 Å². The van der Waals surface area contributed by atoms with E-state index in [9.17, 15) is 24.6 Å². The molecule has 0 aliphatic carbocycles. The fraction of sp³-hybridized carbons (Fsp3) is 0.844. The Morgan fingerprint density at radius 1 is 1.20 bits per heavy atom. The summed E-state index contributed by atoms with van der Waals surface area (Å²) in [6, 6.07) is -1.39. The Labute approximate surface area is 263 Å². The quantitative estimate of drug-likeness (QED) is 0.0906. The van der Waals surface area contributed by atoms with E-state index >= 15 is 0 Å². The number of cyclic esters (lactones) is 1. The van der Waals surface area contributed by atoms with E-state index < -0.39 is 65.9 Å². The fourth-order valence-corrected chi connectivity index (χ4v) is 6.59. The summed E-state index contributed by atoms with van der Waals surface area (Å²) < 4.78 is 18.3. The number of ketones is 1. The van der Waals surface area contributed by atoms with E-state index in [-0.39, 0.29) is 18.6 Å². The molecule has 2 aliphatic rings. The van der Waals surface area contributed by atoms with Gasteiger partial charge in [-0.25, -0.2) is 0 Å². The number of unbranched alkanes of at least 4 members (excludes halogenated alkanes) is 1. The zero-order valence-corrected chi connectivity index (χ0v) is 28.2. The lowest BCUT2D eigenvalue weighted by molar-refractivity contribution is -0.267. The highest BCUT2D eigenvalue weighted by Gasteiger charge is 2.48. The van der Waals surface area contributed by atoms with Crippen LogP contribution in [0.5, 0.6) is 0 Å². The first-order valence-corrected chi connectivity index (χ1v) is 16.0. The van der Waals surface area contributed by atoms with Gasteiger partial charge in [-0.3, -0.25) is 14.4 Å². The van der Waals surface area contributed by atoms with Gasteiger partial charge in [0.15, 0.2) is 12.1 Å². The fourth-order valence-electron chi connectivity index (χ4n) is 6.59. The summed E-state index contributed by atoms with van der Waals surface area (Å²) in [5, 5.41) is 26.5. The second kappa shape index (κ2) is 17.1. The molecule has 44 heavy (non-hydrogen) atoms. The van der Waals surface area contributed by atoms with E-state index in [1.54, 1.807) is 25.7 Å². The first-order valence-electron chi connectivity index (χ1n) is 16.0. The standard InChI is InChI=1S/C32H58N4O8/c1-10-25-32(7,41)29(36(18-37)16-12-11-14-33)23(6)34-15-13-19(2)28(21(4)26(38)22(5)30(40)43-25)44-31-27(39)24(35(8)9)17-20(3)42-31/h13,18,20-25,27-29,31,34,39,41H,10-12,14-17,33H2,1-9H3/b19-13+/t20-,21+,22-,23-,24?,25-,27?,28+,29-,31+,32-/m1/s1. The zero-order valence-electron chi connectivity index (χ0n) is 28.2. The van der Waals surface area contributed by atoms with Gasteiger partial charge in [-0.05, 0) is 86.5 Å². The largest absolute Gasteiger partial charge is 0.459 e. The Morgan fingerprint density at radius 2 is 1.86 bits per heavy atom. The molecule has 1 saturated heterocycles. The molecular formula is C32H58N4O8. The topological polar surface area (TPSA) is 164 Å². The molecule has 2 rings (SSSR count). The maximum Gasteiger partial charge on any atom is 0.316 e. The van der Waals surface area contributed by atoms with E-state index in [0.717, 1.165) is 0 Å². The molecule has 254 valence electrons. The summed E-state index contributed by atoms with van der Waals surface area (Å²) in [5.74, 6) is -3.08. The maximum absolute atomic E-state index is 13.8. The van der Waals surface area contributed by atoms with Crippen molar-refractivity contribution in [3.8, 4) is 0 Å². The van der Waals surface area contributed by atoms with Gasteiger partial charge in [-0.1, -0.05) is 19.9 Å². The number of likely N-dealkylation sites (N-methyl/N-ethyl adjacent to an activating group) is 1. The van der Waals surface area contributed by atoms with Gasteiger partial charge in [-0.2, -0.15) is 0 Å². The van der Waals surface area contributed by atoms with Gasteiger partial charge in [-0.15, -0.1) is 0 Å². The number of rotatable bonds is 10. The number of amides is 1. The van der Waals surface area contributed by atoms with E-state index in [4.69, 9.17) is 19.9 Å². The predicted molar refractivity (Wildman–Crippen MR) is 168 cm³/mol. The number of hydrogen-bond acceptors (Lipinski definition) is 11. The average Bonchev–Trinajstić information content (AvgIpc) is 2.97. The van der Waals surface area contributed by atoms with Gasteiger partial charge in [0, 0.05) is 31.1 Å². The molecule has 1 amide bonds. The number of hydrogen-bond donors (Lipinski definition) is 4. The highest BCUT2D eigenvalue weighted by atomic mass is 16.7. The van der Waals surface area contributed by atoms with Crippen LogP contribution in [0.1, 0.15) is 74.1 Å². The van der Waals surface area contributed by atoms with Crippen LogP contribution < -0.4 is 11.1 Å². The predicted octanol–water partition coefficient (Wildman–Crippen LogP) is 1.22. The summed E-state index contributed by atoms with van der Waals surface area (Å²) in [7, 11) is 3.78. The Balaban J connectivity index is 2.52. The summed E-state index contributed by atoms with van der Waals surface area (Å²) in [4.78, 5) is 43.0. The van der Waals surface area contributed by atoms with Gasteiger partial charge in [0.1, 0.15) is 23.7 Å². The maximum atomic E-state index is 13.8. The number of nitrogens with two attached hydrogens (primary N) is 1. The normalized spacial score (nSPS) is 39.2. The minimum Gasteiger partial charge on any atom is -0.459 e. The Bertz CT molecular complexity index is 976. The number of aliphatic hydroxyl groups is 2. The molecule has 12 nitrogen and oxygen atoms in total. The first kappa shape index (κ1) is 38.3. The lowest BCUT2D eigenvalue weighted by Gasteiger charge is -2.46. The van der Waals surface area contributed by atoms with Crippen LogP contribution in [-0.4, -0.2) is 126 Å². The molecule has 11 atom stereocenters. The van der Waals surface area contributed by atoms with Gasteiger partial charge in [0.2, 0.25) is 6.41 Å². The van der Waals surface area contributed by atoms with E-state index in [2.05, 4.69) is 5.32 Å². The number of Topliss-reactive ketones (excluding diaryl/α,β-unsaturated/α-hetero) is 1. The highest BCUT2D eigenvalue weighted by molar-refractivity contribution is 6.00. The third-order valence-electron chi connectivity index (χ3n) is 9.27. The van der Waals surface area contributed by atoms with E-state index in [1.807, 2.05) is 45.8 Å². The third-order valence-corrected chi connectivity index (χ3v) is 9.27. The van der Waals surface area contributed by atoms with Crippen LogP contribution in [0.15, 0.2) is 11.6 Å². The summed E-state index contributed by atoms with van der Waals surface area (Å²) in [6.45, 7) is 13.4. The van der Waals surface area contributed by atoms with Gasteiger partial charge >= 0.3 is 5.97 Å². The number of carbonyl (C=O) groups excluding carboxylic acids is 3. The number of nitrogens with zero attached hydrogens (tertiary/aromatic N) is 2. The summed E-state index contributed by atoms with van der Waals surface area (Å²) in [6.07, 6.45) is 0.948. The SMILES string of the molecule is CC[C@H]1OC(=O)[C@H](C)C(=O)[C@H](C)[C@@H](O[C@@H]2O[C@H](C)CC(N(C)C)C2O)/C(C)=C/CN[C@H](C)[C@@H](N(C=O)CCCCN)[C@]1(C)O. The second-order valence-corrected chi connectivity index (χ2v) is 13.0. The molecule has 0 aromatic carbocycles. The number of carbonyl (C=O) groups is 3. The molecule has 2 unspecified atom stereocenters. The number of aliphatic hydroxyl groups excluding tert-OH is 1. The minimum atomic E-state index is -1.64. The Kier molecular flexibility index (Phi) is 14.9. The lowest BCUT2D eigenvalue weighted by atomic mass is 9.82. The van der Waals surface area contributed by atoms with Crippen molar-refractivity contribution in [2.75, 3.05) is 33.7 Å². The number of nitrogens with one attached hydrogen (secondary N) is 1. The number of ether oxygens (including phenoxy) is 3. The molecule has 2 aliphatic heterocycles. The highest BCUT2D eigenvalue weighted by Crippen LogP contribution is 2.32. The van der Waals surface area contributed by atoms with Crippen LogP contribution in [0, 0.1) is 11.8 Å². The van der Waals surface area contributed by atoms with Gasteiger partial charge in [0.25, 0.3) is 0 Å². The van der Waals surface area contributed by atoms with Crippen molar-refractivity contribution >= 4 is 18.2 Å². The molecule has 1 fully saturated rings. The Hall–Kier alpha value is -1.93.